The molecule has 2 aliphatic rings. The maximum atomic E-state index is 13.1. The maximum Gasteiger partial charge on any atom is 0.321 e. The summed E-state index contributed by atoms with van der Waals surface area (Å²) in [6.07, 6.45) is 5.46. The molecule has 2 fully saturated rings. The molecule has 178 valence electrons. The van der Waals surface area contributed by atoms with Crippen molar-refractivity contribution in [3.05, 3.63) is 95.8 Å². The number of carbonyl (C=O) groups is 1. The first-order chi connectivity index (χ1) is 17.2. The lowest BCUT2D eigenvalue weighted by atomic mass is 9.74. The number of nitrogens with one attached hydrogen (secondary N) is 1. The van der Waals surface area contributed by atoms with E-state index in [1.54, 1.807) is 12.4 Å². The summed E-state index contributed by atoms with van der Waals surface area (Å²) in [7, 11) is 0. The van der Waals surface area contributed by atoms with Gasteiger partial charge in [0.05, 0.1) is 6.61 Å². The van der Waals surface area contributed by atoms with Crippen LogP contribution in [0.4, 0.5) is 10.5 Å². The van der Waals surface area contributed by atoms with Crippen LogP contribution in [0.3, 0.4) is 0 Å². The molecule has 0 radical (unpaired) electrons. The van der Waals surface area contributed by atoms with Gasteiger partial charge in [0.2, 0.25) is 0 Å². The van der Waals surface area contributed by atoms with E-state index in [9.17, 15) is 9.90 Å². The fraction of sp³-hybridized carbons (Fsp3) is 0.310. The molecule has 2 aromatic carbocycles. The Morgan fingerprint density at radius 3 is 2.49 bits per heavy atom. The number of urea groups is 1. The molecular formula is C29H30N4O2. The summed E-state index contributed by atoms with van der Waals surface area (Å²) in [6, 6.07) is 21.9. The molecule has 0 aliphatic carbocycles. The number of hydrogen-bond donors (Lipinski definition) is 2. The molecule has 2 amide bonds. The normalized spacial score (nSPS) is 22.0. The molecule has 5 rings (SSSR count). The SMILES string of the molecule is O=C(Nc1ccccc1)N1CCCCN2[C@@H](CO)[C@@H](c3ccc(C#Cc4cccnc4)cc3)[C@@H]2C1. The quantitative estimate of drug-likeness (QED) is 0.574. The van der Waals surface area contributed by atoms with Gasteiger partial charge in [-0.2, -0.15) is 0 Å². The Balaban J connectivity index is 1.32. The van der Waals surface area contributed by atoms with Crippen molar-refractivity contribution >= 4 is 11.7 Å². The van der Waals surface area contributed by atoms with Crippen LogP contribution in [0, 0.1) is 11.8 Å². The van der Waals surface area contributed by atoms with Crippen LogP contribution in [0.5, 0.6) is 0 Å². The van der Waals surface area contributed by atoms with Crippen LogP contribution < -0.4 is 5.32 Å². The molecular weight excluding hydrogens is 436 g/mol. The molecule has 3 heterocycles. The number of aliphatic hydroxyl groups is 1. The fourth-order valence-electron chi connectivity index (χ4n) is 5.22. The van der Waals surface area contributed by atoms with E-state index >= 15 is 0 Å². The average Bonchev–Trinajstić information content (AvgIpc) is 2.88. The van der Waals surface area contributed by atoms with E-state index in [4.69, 9.17) is 0 Å². The van der Waals surface area contributed by atoms with E-state index in [1.807, 2.05) is 59.5 Å². The van der Waals surface area contributed by atoms with Gasteiger partial charge in [0.15, 0.2) is 0 Å². The topological polar surface area (TPSA) is 68.7 Å². The van der Waals surface area contributed by atoms with Crippen LogP contribution in [0.15, 0.2) is 79.1 Å². The monoisotopic (exact) mass is 466 g/mol. The number of amides is 2. The number of hydrogen-bond acceptors (Lipinski definition) is 4. The predicted octanol–water partition coefficient (Wildman–Crippen LogP) is 3.94. The molecule has 6 heteroatoms. The number of carbonyl (C=O) groups excluding carboxylic acids is 1. The van der Waals surface area contributed by atoms with Gasteiger partial charge in [0, 0.05) is 60.3 Å². The van der Waals surface area contributed by atoms with Crippen LogP contribution in [-0.4, -0.2) is 64.2 Å². The zero-order valence-corrected chi connectivity index (χ0v) is 19.7. The number of rotatable bonds is 3. The molecule has 2 aliphatic heterocycles. The van der Waals surface area contributed by atoms with Crippen LogP contribution >= 0.6 is 0 Å². The highest BCUT2D eigenvalue weighted by Gasteiger charge is 2.49. The minimum Gasteiger partial charge on any atom is -0.395 e. The number of para-hydroxylation sites is 1. The van der Waals surface area contributed by atoms with Crippen molar-refractivity contribution in [1.29, 1.82) is 0 Å². The summed E-state index contributed by atoms with van der Waals surface area (Å²) in [4.78, 5) is 21.5. The predicted molar refractivity (Wildman–Crippen MR) is 137 cm³/mol. The number of aromatic nitrogens is 1. The van der Waals surface area contributed by atoms with E-state index in [2.05, 4.69) is 39.2 Å². The number of nitrogens with zero attached hydrogens (tertiary/aromatic N) is 3. The van der Waals surface area contributed by atoms with E-state index in [0.29, 0.717) is 6.54 Å². The van der Waals surface area contributed by atoms with Gasteiger partial charge in [0.1, 0.15) is 0 Å². The molecule has 2 saturated heterocycles. The minimum atomic E-state index is -0.0646. The van der Waals surface area contributed by atoms with Gasteiger partial charge >= 0.3 is 6.03 Å². The lowest BCUT2D eigenvalue weighted by Gasteiger charge is -2.57. The van der Waals surface area contributed by atoms with Gasteiger partial charge in [-0.05, 0) is 61.3 Å². The second-order valence-electron chi connectivity index (χ2n) is 9.14. The molecule has 35 heavy (non-hydrogen) atoms. The van der Waals surface area contributed by atoms with Crippen molar-refractivity contribution in [2.24, 2.45) is 0 Å². The molecule has 0 saturated carbocycles. The second kappa shape index (κ2) is 10.7. The molecule has 0 bridgehead atoms. The molecule has 0 unspecified atom stereocenters. The summed E-state index contributed by atoms with van der Waals surface area (Å²) < 4.78 is 0. The van der Waals surface area contributed by atoms with Crippen molar-refractivity contribution < 1.29 is 9.90 Å². The Kier molecular flexibility index (Phi) is 7.08. The van der Waals surface area contributed by atoms with Crippen molar-refractivity contribution in [3.63, 3.8) is 0 Å². The first kappa shape index (κ1) is 23.1. The number of pyridine rings is 1. The Morgan fingerprint density at radius 1 is 0.971 bits per heavy atom. The average molecular weight is 467 g/mol. The number of benzene rings is 2. The van der Waals surface area contributed by atoms with Crippen molar-refractivity contribution in [2.45, 2.75) is 30.8 Å². The molecule has 3 atom stereocenters. The van der Waals surface area contributed by atoms with E-state index in [0.717, 1.165) is 42.7 Å². The summed E-state index contributed by atoms with van der Waals surface area (Å²) in [6.45, 7) is 2.44. The second-order valence-corrected chi connectivity index (χ2v) is 9.14. The fourth-order valence-corrected chi connectivity index (χ4v) is 5.22. The minimum absolute atomic E-state index is 0.0646. The van der Waals surface area contributed by atoms with Crippen LogP contribution in [0.2, 0.25) is 0 Å². The van der Waals surface area contributed by atoms with Crippen LogP contribution in [0.25, 0.3) is 0 Å². The zero-order valence-electron chi connectivity index (χ0n) is 19.7. The van der Waals surface area contributed by atoms with Gasteiger partial charge in [0.25, 0.3) is 0 Å². The van der Waals surface area contributed by atoms with Crippen LogP contribution in [-0.2, 0) is 0 Å². The van der Waals surface area contributed by atoms with E-state index < -0.39 is 0 Å². The largest absolute Gasteiger partial charge is 0.395 e. The smallest absolute Gasteiger partial charge is 0.321 e. The standard InChI is InChI=1S/C29H30N4O2/c34-21-27-28(24-14-12-22(13-15-24)10-11-23-7-6-16-30-19-23)26-20-32(17-4-5-18-33(26)27)29(35)31-25-8-2-1-3-9-25/h1-3,6-9,12-16,19,26-28,34H,4-5,17-18,20-21H2,(H,31,35)/t26-,27-,28-/m0/s1. The van der Waals surface area contributed by atoms with Gasteiger partial charge in [-0.3, -0.25) is 9.88 Å². The lowest BCUT2D eigenvalue weighted by molar-refractivity contribution is -0.0585. The zero-order chi connectivity index (χ0) is 24.0. The first-order valence-corrected chi connectivity index (χ1v) is 12.2. The van der Waals surface area contributed by atoms with Crippen molar-refractivity contribution in [2.75, 3.05) is 31.6 Å². The number of fused-ring (bicyclic) bond motifs is 1. The van der Waals surface area contributed by atoms with E-state index in [1.165, 1.54) is 5.56 Å². The third-order valence-corrected chi connectivity index (χ3v) is 6.99. The Bertz CT molecular complexity index is 1190. The van der Waals surface area contributed by atoms with Gasteiger partial charge in [-0.15, -0.1) is 0 Å². The maximum absolute atomic E-state index is 13.1. The number of anilines is 1. The highest BCUT2D eigenvalue weighted by atomic mass is 16.3. The van der Waals surface area contributed by atoms with Crippen molar-refractivity contribution in [3.8, 4) is 11.8 Å². The summed E-state index contributed by atoms with van der Waals surface area (Å²) in [5.74, 6) is 6.51. The summed E-state index contributed by atoms with van der Waals surface area (Å²) in [5.41, 5.74) is 3.81. The third-order valence-electron chi connectivity index (χ3n) is 6.99. The molecule has 1 aromatic heterocycles. The van der Waals surface area contributed by atoms with Gasteiger partial charge in [-0.25, -0.2) is 4.79 Å². The number of aliphatic hydroxyl groups excluding tert-OH is 1. The first-order valence-electron chi connectivity index (χ1n) is 12.2. The highest BCUT2D eigenvalue weighted by Crippen LogP contribution is 2.42. The van der Waals surface area contributed by atoms with Crippen molar-refractivity contribution in [1.82, 2.24) is 14.8 Å². The summed E-state index contributed by atoms with van der Waals surface area (Å²) in [5, 5.41) is 13.2. The molecule has 2 N–H and O–H groups in total. The molecule has 0 spiro atoms. The highest BCUT2D eigenvalue weighted by molar-refractivity contribution is 5.89. The Morgan fingerprint density at radius 2 is 1.74 bits per heavy atom. The molecule has 6 nitrogen and oxygen atoms in total. The van der Waals surface area contributed by atoms with Gasteiger partial charge < -0.3 is 15.3 Å². The van der Waals surface area contributed by atoms with E-state index in [-0.39, 0.29) is 30.6 Å². The third kappa shape index (κ3) is 5.22. The lowest BCUT2D eigenvalue weighted by Crippen LogP contribution is -2.68. The Hall–Kier alpha value is -3.66. The van der Waals surface area contributed by atoms with Gasteiger partial charge in [-0.1, -0.05) is 42.2 Å². The molecule has 3 aromatic rings. The Labute approximate surface area is 206 Å². The van der Waals surface area contributed by atoms with Crippen LogP contribution in [0.1, 0.15) is 35.4 Å². The summed E-state index contributed by atoms with van der Waals surface area (Å²) >= 11 is 0.